The maximum Gasteiger partial charge on any atom is 0.177 e. The molecule has 3 heteroatoms. The van der Waals surface area contributed by atoms with Crippen molar-refractivity contribution in [2.75, 3.05) is 0 Å². The fourth-order valence-electron chi connectivity index (χ4n) is 1.01. The largest absolute Gasteiger partial charge is 0.337 e. The molecule has 1 heterocycles. The number of H-pyrrole nitrogens is 1. The van der Waals surface area contributed by atoms with Crippen LogP contribution in [-0.2, 0) is 6.54 Å². The van der Waals surface area contributed by atoms with E-state index < -0.39 is 0 Å². The van der Waals surface area contributed by atoms with Crippen LogP contribution in [0.4, 0.5) is 0 Å². The van der Waals surface area contributed by atoms with Crippen molar-refractivity contribution in [2.45, 2.75) is 27.3 Å². The van der Waals surface area contributed by atoms with E-state index in [9.17, 15) is 0 Å². The van der Waals surface area contributed by atoms with E-state index >= 15 is 0 Å². The topological polar surface area (TPSA) is 20.7 Å². The van der Waals surface area contributed by atoms with Crippen molar-refractivity contribution in [3.05, 3.63) is 17.2 Å². The molecular formula is C9H16N2S. The van der Waals surface area contributed by atoms with Gasteiger partial charge in [-0.3, -0.25) is 0 Å². The molecule has 0 amide bonds. The van der Waals surface area contributed by atoms with Crippen LogP contribution in [0.1, 0.15) is 20.8 Å². The molecule has 2 nitrogen and oxygen atoms in total. The van der Waals surface area contributed by atoms with Crippen molar-refractivity contribution in [2.24, 2.45) is 11.8 Å². The summed E-state index contributed by atoms with van der Waals surface area (Å²) in [6.07, 6.45) is 3.89. The third-order valence-corrected chi connectivity index (χ3v) is 2.70. The molecular weight excluding hydrogens is 168 g/mol. The Morgan fingerprint density at radius 2 is 2.17 bits per heavy atom. The standard InChI is InChI=1S/C9H16N2S/c1-7(2)8(3)6-11-5-4-10-9(11)12/h4-5,7-8H,6H2,1-3H3,(H,10,12). The normalized spacial score (nSPS) is 13.7. The van der Waals surface area contributed by atoms with Crippen molar-refractivity contribution in [1.82, 2.24) is 9.55 Å². The highest BCUT2D eigenvalue weighted by molar-refractivity contribution is 7.71. The molecule has 0 saturated carbocycles. The quantitative estimate of drug-likeness (QED) is 0.716. The van der Waals surface area contributed by atoms with Crippen molar-refractivity contribution >= 4 is 12.2 Å². The van der Waals surface area contributed by atoms with Crippen molar-refractivity contribution in [3.63, 3.8) is 0 Å². The summed E-state index contributed by atoms with van der Waals surface area (Å²) >= 11 is 5.10. The second-order valence-electron chi connectivity index (χ2n) is 3.64. The van der Waals surface area contributed by atoms with Crippen LogP contribution in [0.5, 0.6) is 0 Å². The van der Waals surface area contributed by atoms with Gasteiger partial charge in [0.25, 0.3) is 0 Å². The second-order valence-corrected chi connectivity index (χ2v) is 4.03. The van der Waals surface area contributed by atoms with Gasteiger partial charge in [0.2, 0.25) is 0 Å². The average Bonchev–Trinajstić information content (AvgIpc) is 2.36. The van der Waals surface area contributed by atoms with Gasteiger partial charge in [-0.1, -0.05) is 20.8 Å². The average molecular weight is 184 g/mol. The lowest BCUT2D eigenvalue weighted by atomic mass is 9.98. The predicted molar refractivity (Wildman–Crippen MR) is 53.6 cm³/mol. The van der Waals surface area contributed by atoms with E-state index in [-0.39, 0.29) is 0 Å². The Bertz CT molecular complexity index is 285. The number of aromatic amines is 1. The fourth-order valence-corrected chi connectivity index (χ4v) is 1.22. The maximum atomic E-state index is 5.10. The molecule has 0 aromatic carbocycles. The monoisotopic (exact) mass is 184 g/mol. The molecule has 68 valence electrons. The zero-order valence-electron chi connectivity index (χ0n) is 7.87. The van der Waals surface area contributed by atoms with Crippen LogP contribution in [0.2, 0.25) is 0 Å². The van der Waals surface area contributed by atoms with E-state index in [0.717, 1.165) is 11.3 Å². The Morgan fingerprint density at radius 1 is 1.50 bits per heavy atom. The molecule has 1 N–H and O–H groups in total. The number of hydrogen-bond acceptors (Lipinski definition) is 1. The molecule has 12 heavy (non-hydrogen) atoms. The number of nitrogens with zero attached hydrogens (tertiary/aromatic N) is 1. The van der Waals surface area contributed by atoms with E-state index in [1.807, 2.05) is 12.4 Å². The molecule has 0 radical (unpaired) electrons. The van der Waals surface area contributed by atoms with E-state index in [4.69, 9.17) is 12.2 Å². The molecule has 0 spiro atoms. The summed E-state index contributed by atoms with van der Waals surface area (Å²) in [5, 5.41) is 0. The van der Waals surface area contributed by atoms with Gasteiger partial charge >= 0.3 is 0 Å². The zero-order chi connectivity index (χ0) is 9.14. The number of nitrogens with one attached hydrogen (secondary N) is 1. The lowest BCUT2D eigenvalue weighted by Crippen LogP contribution is -2.12. The fraction of sp³-hybridized carbons (Fsp3) is 0.667. The molecule has 1 aromatic rings. The van der Waals surface area contributed by atoms with Gasteiger partial charge in [0.05, 0.1) is 0 Å². The minimum atomic E-state index is 0.674. The molecule has 0 saturated heterocycles. The molecule has 1 aromatic heterocycles. The lowest BCUT2D eigenvalue weighted by Gasteiger charge is -2.15. The molecule has 0 aliphatic carbocycles. The Labute approximate surface area is 78.6 Å². The van der Waals surface area contributed by atoms with Crippen LogP contribution in [0.25, 0.3) is 0 Å². The number of aromatic nitrogens is 2. The SMILES string of the molecule is CC(C)C(C)Cn1cc[nH]c1=S. The molecule has 1 atom stereocenters. The van der Waals surface area contributed by atoms with Crippen LogP contribution >= 0.6 is 12.2 Å². The summed E-state index contributed by atoms with van der Waals surface area (Å²) in [6, 6.07) is 0. The molecule has 0 fully saturated rings. The lowest BCUT2D eigenvalue weighted by molar-refractivity contribution is 0.363. The summed E-state index contributed by atoms with van der Waals surface area (Å²) in [5.41, 5.74) is 0. The number of hydrogen-bond donors (Lipinski definition) is 1. The highest BCUT2D eigenvalue weighted by atomic mass is 32.1. The minimum Gasteiger partial charge on any atom is -0.337 e. The first-order chi connectivity index (χ1) is 5.61. The van der Waals surface area contributed by atoms with Crippen LogP contribution in [0.3, 0.4) is 0 Å². The van der Waals surface area contributed by atoms with Crippen molar-refractivity contribution < 1.29 is 0 Å². The Morgan fingerprint density at radius 3 is 2.58 bits per heavy atom. The van der Waals surface area contributed by atoms with E-state index in [1.165, 1.54) is 0 Å². The molecule has 0 aliphatic rings. The van der Waals surface area contributed by atoms with Crippen LogP contribution in [-0.4, -0.2) is 9.55 Å². The highest BCUT2D eigenvalue weighted by Gasteiger charge is 2.07. The van der Waals surface area contributed by atoms with Gasteiger partial charge in [0.15, 0.2) is 4.77 Å². The Hall–Kier alpha value is -0.570. The van der Waals surface area contributed by atoms with Gasteiger partial charge in [-0.05, 0) is 24.1 Å². The van der Waals surface area contributed by atoms with Gasteiger partial charge in [-0.15, -0.1) is 0 Å². The van der Waals surface area contributed by atoms with E-state index in [1.54, 1.807) is 0 Å². The van der Waals surface area contributed by atoms with Crippen molar-refractivity contribution in [3.8, 4) is 0 Å². The summed E-state index contributed by atoms with van der Waals surface area (Å²) in [6.45, 7) is 7.74. The number of imidazole rings is 1. The second kappa shape index (κ2) is 3.90. The molecule has 0 aliphatic heterocycles. The van der Waals surface area contributed by atoms with Gasteiger partial charge in [0, 0.05) is 18.9 Å². The van der Waals surface area contributed by atoms with Crippen LogP contribution < -0.4 is 0 Å². The smallest absolute Gasteiger partial charge is 0.177 e. The van der Waals surface area contributed by atoms with Crippen molar-refractivity contribution in [1.29, 1.82) is 0 Å². The van der Waals surface area contributed by atoms with Crippen LogP contribution in [0.15, 0.2) is 12.4 Å². The highest BCUT2D eigenvalue weighted by Crippen LogP contribution is 2.12. The Balaban J connectivity index is 2.64. The summed E-state index contributed by atoms with van der Waals surface area (Å²) < 4.78 is 2.91. The van der Waals surface area contributed by atoms with E-state index in [0.29, 0.717) is 11.8 Å². The third kappa shape index (κ3) is 2.21. The summed E-state index contributed by atoms with van der Waals surface area (Å²) in [4.78, 5) is 2.99. The molecule has 1 unspecified atom stereocenters. The first kappa shape index (κ1) is 9.52. The maximum absolute atomic E-state index is 5.10. The van der Waals surface area contributed by atoms with Gasteiger partial charge < -0.3 is 9.55 Å². The first-order valence-electron chi connectivity index (χ1n) is 4.35. The van der Waals surface area contributed by atoms with Gasteiger partial charge in [-0.2, -0.15) is 0 Å². The molecule has 1 rings (SSSR count). The van der Waals surface area contributed by atoms with E-state index in [2.05, 4.69) is 30.3 Å². The number of rotatable bonds is 3. The summed E-state index contributed by atoms with van der Waals surface area (Å²) in [7, 11) is 0. The van der Waals surface area contributed by atoms with Gasteiger partial charge in [0.1, 0.15) is 0 Å². The first-order valence-corrected chi connectivity index (χ1v) is 4.76. The summed E-state index contributed by atoms with van der Waals surface area (Å²) in [5.74, 6) is 1.38. The molecule has 0 bridgehead atoms. The van der Waals surface area contributed by atoms with Gasteiger partial charge in [-0.25, -0.2) is 0 Å². The third-order valence-electron chi connectivity index (χ3n) is 2.34. The van der Waals surface area contributed by atoms with Crippen LogP contribution in [0, 0.1) is 16.6 Å². The predicted octanol–water partition coefficient (Wildman–Crippen LogP) is 2.84. The Kier molecular flexibility index (Phi) is 3.09. The minimum absolute atomic E-state index is 0.674. The zero-order valence-corrected chi connectivity index (χ0v) is 8.69.